The van der Waals surface area contributed by atoms with Crippen molar-refractivity contribution < 1.29 is 13.0 Å². The minimum atomic E-state index is -2.59. The predicted molar refractivity (Wildman–Crippen MR) is 96.4 cm³/mol. The third-order valence-electron chi connectivity index (χ3n) is 4.23. The molecule has 0 saturated carbocycles. The summed E-state index contributed by atoms with van der Waals surface area (Å²) in [6.45, 7) is 0.189. The van der Waals surface area contributed by atoms with Crippen LogP contribution in [0.4, 0.5) is 14.5 Å². The minimum absolute atomic E-state index is 0.0754. The molecule has 2 N–H and O–H groups in total. The number of alkyl halides is 2. The van der Waals surface area contributed by atoms with E-state index in [-0.39, 0.29) is 24.4 Å². The van der Waals surface area contributed by atoms with Crippen molar-refractivity contribution in [3.63, 3.8) is 0 Å². The van der Waals surface area contributed by atoms with Crippen LogP contribution in [0.5, 0.6) is 0 Å². The first-order chi connectivity index (χ1) is 12.0. The van der Waals surface area contributed by atoms with Crippen molar-refractivity contribution in [3.8, 4) is 11.3 Å². The summed E-state index contributed by atoms with van der Waals surface area (Å²) in [7, 11) is 0. The lowest BCUT2D eigenvalue weighted by Crippen LogP contribution is -2.25. The fourth-order valence-corrected chi connectivity index (χ4v) is 3.14. The number of hydrogen-bond acceptors (Lipinski definition) is 3. The van der Waals surface area contributed by atoms with E-state index < -0.39 is 5.92 Å². The van der Waals surface area contributed by atoms with E-state index in [4.69, 9.17) is 8.99 Å². The first kappa shape index (κ1) is 17.3. The number of para-hydroxylation sites is 2. The lowest BCUT2D eigenvalue weighted by molar-refractivity contribution is 0.0257. The Balaban J connectivity index is 0.000000569. The zero-order valence-electron chi connectivity index (χ0n) is 13.3. The van der Waals surface area contributed by atoms with Crippen LogP contribution in [0, 0.1) is 4.78 Å². The molecule has 0 unspecified atom stereocenters. The van der Waals surface area contributed by atoms with Crippen LogP contribution in [-0.4, -0.2) is 28.2 Å². The van der Waals surface area contributed by atoms with Gasteiger partial charge in [-0.15, -0.1) is 0 Å². The molecule has 0 bridgehead atoms. The van der Waals surface area contributed by atoms with Crippen molar-refractivity contribution in [2.24, 2.45) is 0 Å². The topological polar surface area (TPSA) is 60.0 Å². The number of halogens is 2. The second-order valence-corrected chi connectivity index (χ2v) is 6.06. The number of aromatic amines is 1. The Bertz CT molecular complexity index is 886. The lowest BCUT2D eigenvalue weighted by atomic mass is 10.1. The van der Waals surface area contributed by atoms with Crippen molar-refractivity contribution in [2.45, 2.75) is 12.3 Å². The van der Waals surface area contributed by atoms with Crippen molar-refractivity contribution in [2.75, 3.05) is 18.0 Å². The SMILES string of the molecule is FC1(F)CCN(c2ccccc2-c2cc3ccccc3[nH]2)C1.N=S=O. The highest BCUT2D eigenvalue weighted by molar-refractivity contribution is 7.53. The summed E-state index contributed by atoms with van der Waals surface area (Å²) in [6, 6.07) is 17.9. The number of anilines is 1. The highest BCUT2D eigenvalue weighted by atomic mass is 32.1. The Hall–Kier alpha value is -2.54. The quantitative estimate of drug-likeness (QED) is 0.698. The van der Waals surface area contributed by atoms with E-state index >= 15 is 0 Å². The van der Waals surface area contributed by atoms with E-state index in [1.54, 1.807) is 4.90 Å². The summed E-state index contributed by atoms with van der Waals surface area (Å²) in [5, 5.41) is 1.12. The van der Waals surface area contributed by atoms with Crippen LogP contribution in [0.3, 0.4) is 0 Å². The van der Waals surface area contributed by atoms with Gasteiger partial charge in [-0.2, -0.15) is 4.21 Å². The van der Waals surface area contributed by atoms with Crippen LogP contribution < -0.4 is 4.90 Å². The first-order valence-corrected chi connectivity index (χ1v) is 8.54. The Labute approximate surface area is 147 Å². The van der Waals surface area contributed by atoms with Gasteiger partial charge in [0.15, 0.2) is 11.5 Å². The molecule has 130 valence electrons. The van der Waals surface area contributed by atoms with Gasteiger partial charge in [0.1, 0.15) is 0 Å². The van der Waals surface area contributed by atoms with Gasteiger partial charge in [0.05, 0.1) is 6.54 Å². The number of nitrogens with zero attached hydrogens (tertiary/aromatic N) is 1. The maximum atomic E-state index is 13.5. The number of hydrogen-bond donors (Lipinski definition) is 2. The van der Waals surface area contributed by atoms with Gasteiger partial charge in [-0.25, -0.2) is 13.6 Å². The molecule has 1 aliphatic rings. The smallest absolute Gasteiger partial charge is 0.266 e. The number of benzene rings is 2. The maximum Gasteiger partial charge on any atom is 0.266 e. The number of rotatable bonds is 2. The van der Waals surface area contributed by atoms with Gasteiger partial charge in [0, 0.05) is 40.8 Å². The Morgan fingerprint density at radius 3 is 2.48 bits per heavy atom. The second-order valence-electron chi connectivity index (χ2n) is 5.90. The van der Waals surface area contributed by atoms with Crippen LogP contribution >= 0.6 is 0 Å². The summed E-state index contributed by atoms with van der Waals surface area (Å²) in [5.74, 6) is -2.59. The van der Waals surface area contributed by atoms with E-state index in [9.17, 15) is 8.78 Å². The summed E-state index contributed by atoms with van der Waals surface area (Å²) in [6.07, 6.45) is -0.0754. The van der Waals surface area contributed by atoms with E-state index in [2.05, 4.69) is 11.1 Å². The summed E-state index contributed by atoms with van der Waals surface area (Å²) in [4.78, 5) is 5.16. The molecule has 1 aromatic heterocycles. The average Bonchev–Trinajstić information content (AvgIpc) is 3.18. The van der Waals surface area contributed by atoms with Crippen molar-refractivity contribution >= 4 is 28.1 Å². The molecule has 2 aromatic carbocycles. The molecule has 0 amide bonds. The van der Waals surface area contributed by atoms with Gasteiger partial charge in [-0.1, -0.05) is 36.4 Å². The molecular weight excluding hydrogens is 344 g/mol. The van der Waals surface area contributed by atoms with Crippen LogP contribution in [0.1, 0.15) is 6.42 Å². The molecule has 3 aromatic rings. The Morgan fingerprint density at radius 1 is 1.12 bits per heavy atom. The van der Waals surface area contributed by atoms with Gasteiger partial charge in [-0.05, 0) is 18.2 Å². The zero-order chi connectivity index (χ0) is 17.9. The molecule has 2 heterocycles. The molecule has 7 heteroatoms. The van der Waals surface area contributed by atoms with Crippen molar-refractivity contribution in [3.05, 3.63) is 54.6 Å². The molecule has 4 nitrogen and oxygen atoms in total. The molecule has 1 fully saturated rings. The zero-order valence-corrected chi connectivity index (χ0v) is 14.2. The number of H-pyrrole nitrogens is 1. The predicted octanol–water partition coefficient (Wildman–Crippen LogP) is 4.64. The van der Waals surface area contributed by atoms with E-state index in [1.807, 2.05) is 48.5 Å². The molecule has 4 rings (SSSR count). The van der Waals surface area contributed by atoms with Crippen LogP contribution in [-0.2, 0) is 11.5 Å². The third-order valence-corrected chi connectivity index (χ3v) is 4.23. The summed E-state index contributed by atoms with van der Waals surface area (Å²) >= 11 is -0.250. The normalized spacial score (nSPS) is 15.7. The Kier molecular flexibility index (Phi) is 4.94. The molecular formula is C18H17F2N3OS. The Morgan fingerprint density at radius 2 is 1.80 bits per heavy atom. The maximum absolute atomic E-state index is 13.5. The van der Waals surface area contributed by atoms with Crippen molar-refractivity contribution in [1.29, 1.82) is 4.78 Å². The molecule has 25 heavy (non-hydrogen) atoms. The number of nitrogens with one attached hydrogen (secondary N) is 2. The van der Waals surface area contributed by atoms with Crippen LogP contribution in [0.2, 0.25) is 0 Å². The molecule has 1 saturated heterocycles. The highest BCUT2D eigenvalue weighted by Crippen LogP contribution is 2.37. The van der Waals surface area contributed by atoms with Gasteiger partial charge in [0.2, 0.25) is 0 Å². The first-order valence-electron chi connectivity index (χ1n) is 7.79. The number of fused-ring (bicyclic) bond motifs is 1. The molecule has 0 radical (unpaired) electrons. The van der Waals surface area contributed by atoms with Gasteiger partial charge < -0.3 is 9.88 Å². The summed E-state index contributed by atoms with van der Waals surface area (Å²) < 4.78 is 41.1. The third kappa shape index (κ3) is 3.76. The van der Waals surface area contributed by atoms with E-state index in [0.717, 1.165) is 27.8 Å². The van der Waals surface area contributed by atoms with Gasteiger partial charge in [0.25, 0.3) is 5.92 Å². The lowest BCUT2D eigenvalue weighted by Gasteiger charge is -2.21. The molecule has 0 spiro atoms. The van der Waals surface area contributed by atoms with E-state index in [0.29, 0.717) is 6.54 Å². The van der Waals surface area contributed by atoms with Crippen molar-refractivity contribution in [1.82, 2.24) is 4.98 Å². The second kappa shape index (κ2) is 7.14. The van der Waals surface area contributed by atoms with Crippen LogP contribution in [0.15, 0.2) is 54.6 Å². The van der Waals surface area contributed by atoms with Gasteiger partial charge >= 0.3 is 0 Å². The van der Waals surface area contributed by atoms with E-state index in [1.165, 1.54) is 0 Å². The molecule has 0 atom stereocenters. The molecule has 1 aliphatic heterocycles. The number of aromatic nitrogens is 1. The minimum Gasteiger partial charge on any atom is -0.365 e. The summed E-state index contributed by atoms with van der Waals surface area (Å²) in [5.41, 5.74) is 3.86. The standard InChI is InChI=1S/C18H16F2N2.HNOS/c19-18(20)9-10-22(12-18)17-8-4-2-6-14(17)16-11-13-5-1-3-7-15(13)21-16;1-3-2/h1-8,11,21H,9-10,12H2;1H. The fourth-order valence-electron chi connectivity index (χ4n) is 3.14. The van der Waals surface area contributed by atoms with Crippen LogP contribution in [0.25, 0.3) is 22.2 Å². The largest absolute Gasteiger partial charge is 0.365 e. The molecule has 0 aliphatic carbocycles. The fraction of sp³-hybridized carbons (Fsp3) is 0.222. The average molecular weight is 361 g/mol. The highest BCUT2D eigenvalue weighted by Gasteiger charge is 2.38. The van der Waals surface area contributed by atoms with Gasteiger partial charge in [-0.3, -0.25) is 0 Å². The monoisotopic (exact) mass is 361 g/mol.